The van der Waals surface area contributed by atoms with E-state index >= 15 is 0 Å². The third-order valence-electron chi connectivity index (χ3n) is 6.81. The number of carbonyl (C=O) groups excluding carboxylic acids is 1. The Morgan fingerprint density at radius 2 is 1.36 bits per heavy atom. The summed E-state index contributed by atoms with van der Waals surface area (Å²) < 4.78 is 22.5. The van der Waals surface area contributed by atoms with Crippen LogP contribution in [0.5, 0.6) is 0 Å². The maximum absolute atomic E-state index is 12.1. The molecule has 0 saturated heterocycles. The van der Waals surface area contributed by atoms with Crippen molar-refractivity contribution in [2.45, 2.75) is 135 Å². The highest BCUT2D eigenvalue weighted by Gasteiger charge is 2.22. The van der Waals surface area contributed by atoms with Crippen LogP contribution in [0.15, 0.2) is 12.2 Å². The molecule has 0 aromatic carbocycles. The van der Waals surface area contributed by atoms with Crippen molar-refractivity contribution in [3.63, 3.8) is 0 Å². The second kappa shape index (κ2) is 23.9. The van der Waals surface area contributed by atoms with Crippen LogP contribution in [0.2, 0.25) is 0 Å². The Hall–Kier alpha value is -0.760. The summed E-state index contributed by atoms with van der Waals surface area (Å²) in [4.78, 5) is 24.0. The first kappa shape index (κ1) is 38.2. The summed E-state index contributed by atoms with van der Waals surface area (Å²) in [6.07, 6.45) is 23.3. The van der Waals surface area contributed by atoms with Crippen molar-refractivity contribution in [1.82, 2.24) is 5.32 Å². The molecule has 0 fully saturated rings. The maximum Gasteiger partial charge on any atom is 0.268 e. The number of rotatable bonds is 27. The molecule has 0 aliphatic heterocycles. The Kier molecular flexibility index (Phi) is 23.4. The SMILES string of the molecule is CCCCCCCCCCCCCCCCC/C=C/C(O)C(COP(=O)([O-])OCC[N+](C)(C)C)NC(=O)CC. The maximum atomic E-state index is 12.1. The minimum absolute atomic E-state index is 0.00201. The summed E-state index contributed by atoms with van der Waals surface area (Å²) in [5, 5.41) is 13.2. The number of nitrogens with zero attached hydrogens (tertiary/aromatic N) is 1. The summed E-state index contributed by atoms with van der Waals surface area (Å²) in [6.45, 7) is 4.06. The van der Waals surface area contributed by atoms with Gasteiger partial charge in [-0.25, -0.2) is 0 Å². The molecule has 0 aromatic heterocycles. The number of unbranched alkanes of at least 4 members (excludes halogenated alkanes) is 15. The smallest absolute Gasteiger partial charge is 0.268 e. The highest BCUT2D eigenvalue weighted by atomic mass is 31.2. The molecule has 0 aliphatic rings. The van der Waals surface area contributed by atoms with Gasteiger partial charge in [-0.2, -0.15) is 0 Å². The number of carbonyl (C=O) groups is 1. The van der Waals surface area contributed by atoms with Crippen molar-refractivity contribution in [2.24, 2.45) is 0 Å². The number of allylic oxidation sites excluding steroid dienone is 1. The number of hydrogen-bond donors (Lipinski definition) is 2. The van der Waals surface area contributed by atoms with Crippen LogP contribution in [0.1, 0.15) is 123 Å². The molecule has 1 amide bonds. The van der Waals surface area contributed by atoms with Gasteiger partial charge in [-0.1, -0.05) is 116 Å². The van der Waals surface area contributed by atoms with Crippen LogP contribution in [-0.2, 0) is 18.4 Å². The van der Waals surface area contributed by atoms with E-state index in [1.54, 1.807) is 13.0 Å². The Labute approximate surface area is 240 Å². The summed E-state index contributed by atoms with van der Waals surface area (Å²) in [7, 11) is 1.25. The van der Waals surface area contributed by atoms with E-state index in [4.69, 9.17) is 9.05 Å². The van der Waals surface area contributed by atoms with E-state index in [0.29, 0.717) is 11.0 Å². The molecule has 0 spiro atoms. The second-order valence-electron chi connectivity index (χ2n) is 11.8. The zero-order valence-electron chi connectivity index (χ0n) is 25.8. The van der Waals surface area contributed by atoms with Gasteiger partial charge in [0.1, 0.15) is 13.2 Å². The minimum Gasteiger partial charge on any atom is -0.756 e. The van der Waals surface area contributed by atoms with E-state index in [0.717, 1.165) is 19.3 Å². The normalized spacial score (nSPS) is 15.4. The molecule has 0 rings (SSSR count). The number of phosphoric ester groups is 1. The van der Waals surface area contributed by atoms with Crippen LogP contribution in [0.25, 0.3) is 0 Å². The van der Waals surface area contributed by atoms with Crippen LogP contribution in [0, 0.1) is 0 Å². The van der Waals surface area contributed by atoms with Crippen molar-refractivity contribution in [2.75, 3.05) is 40.9 Å². The number of aliphatic hydroxyl groups excluding tert-OH is 1. The van der Waals surface area contributed by atoms with Gasteiger partial charge in [0.05, 0.1) is 39.9 Å². The minimum atomic E-state index is -4.54. The van der Waals surface area contributed by atoms with E-state index in [1.807, 2.05) is 27.2 Å². The largest absolute Gasteiger partial charge is 0.756 e. The third kappa shape index (κ3) is 25.9. The van der Waals surface area contributed by atoms with Gasteiger partial charge >= 0.3 is 0 Å². The van der Waals surface area contributed by atoms with Crippen LogP contribution in [0.4, 0.5) is 0 Å². The first-order valence-electron chi connectivity index (χ1n) is 15.6. The fourth-order valence-electron chi connectivity index (χ4n) is 4.17. The summed E-state index contributed by atoms with van der Waals surface area (Å²) >= 11 is 0. The van der Waals surface area contributed by atoms with Gasteiger partial charge in [0, 0.05) is 6.42 Å². The number of hydrogen-bond acceptors (Lipinski definition) is 6. The highest BCUT2D eigenvalue weighted by Crippen LogP contribution is 2.38. The number of nitrogens with one attached hydrogen (secondary N) is 1. The molecule has 3 unspecified atom stereocenters. The fourth-order valence-corrected chi connectivity index (χ4v) is 4.90. The average Bonchev–Trinajstić information content (AvgIpc) is 2.87. The first-order chi connectivity index (χ1) is 18.5. The van der Waals surface area contributed by atoms with Crippen molar-refractivity contribution < 1.29 is 32.9 Å². The van der Waals surface area contributed by atoms with Crippen LogP contribution < -0.4 is 10.2 Å². The predicted octanol–water partition coefficient (Wildman–Crippen LogP) is 6.27. The number of aliphatic hydroxyl groups is 1. The molecule has 3 atom stereocenters. The molecule has 0 aliphatic carbocycles. The number of phosphoric acid groups is 1. The Balaban J connectivity index is 4.07. The van der Waals surface area contributed by atoms with Crippen molar-refractivity contribution in [1.29, 1.82) is 0 Å². The van der Waals surface area contributed by atoms with Crippen LogP contribution in [-0.4, -0.2) is 68.5 Å². The summed E-state index contributed by atoms with van der Waals surface area (Å²) in [5.74, 6) is -0.287. The lowest BCUT2D eigenvalue weighted by Gasteiger charge is -2.29. The molecular formula is C30H61N2O6P. The lowest BCUT2D eigenvalue weighted by molar-refractivity contribution is -0.870. The second-order valence-corrected chi connectivity index (χ2v) is 13.2. The molecule has 9 heteroatoms. The third-order valence-corrected chi connectivity index (χ3v) is 7.78. The number of likely N-dealkylation sites (N-methyl/N-ethyl adjacent to an activating group) is 1. The predicted molar refractivity (Wildman–Crippen MR) is 159 cm³/mol. The van der Waals surface area contributed by atoms with Gasteiger partial charge in [0.2, 0.25) is 5.91 Å². The molecule has 0 radical (unpaired) electrons. The van der Waals surface area contributed by atoms with Crippen molar-refractivity contribution in [3.05, 3.63) is 12.2 Å². The molecule has 0 heterocycles. The summed E-state index contributed by atoms with van der Waals surface area (Å²) in [6, 6.07) is -0.876. The Morgan fingerprint density at radius 3 is 1.82 bits per heavy atom. The van der Waals surface area contributed by atoms with E-state index in [-0.39, 0.29) is 25.5 Å². The Bertz CT molecular complexity index is 668. The molecule has 0 aromatic rings. The van der Waals surface area contributed by atoms with E-state index in [1.165, 1.54) is 83.5 Å². The lowest BCUT2D eigenvalue weighted by atomic mass is 10.0. The average molecular weight is 577 g/mol. The first-order valence-corrected chi connectivity index (χ1v) is 17.0. The molecular weight excluding hydrogens is 515 g/mol. The molecule has 8 nitrogen and oxygen atoms in total. The van der Waals surface area contributed by atoms with Crippen LogP contribution >= 0.6 is 7.82 Å². The zero-order valence-corrected chi connectivity index (χ0v) is 26.7. The molecule has 0 bridgehead atoms. The van der Waals surface area contributed by atoms with Gasteiger partial charge in [0.15, 0.2) is 0 Å². The topological polar surface area (TPSA) is 108 Å². The lowest BCUT2D eigenvalue weighted by Crippen LogP contribution is -2.45. The van der Waals surface area contributed by atoms with Crippen molar-refractivity contribution >= 4 is 13.7 Å². The molecule has 0 saturated carbocycles. The van der Waals surface area contributed by atoms with Crippen molar-refractivity contribution in [3.8, 4) is 0 Å². The molecule has 2 N–H and O–H groups in total. The zero-order chi connectivity index (χ0) is 29.4. The van der Waals surface area contributed by atoms with Gasteiger partial charge in [-0.3, -0.25) is 9.36 Å². The van der Waals surface area contributed by atoms with Gasteiger partial charge < -0.3 is 28.8 Å². The van der Waals surface area contributed by atoms with E-state index < -0.39 is 20.0 Å². The van der Waals surface area contributed by atoms with Gasteiger partial charge in [-0.05, 0) is 12.8 Å². The van der Waals surface area contributed by atoms with Gasteiger partial charge in [0.25, 0.3) is 7.82 Å². The fraction of sp³-hybridized carbons (Fsp3) is 0.900. The van der Waals surface area contributed by atoms with E-state index in [9.17, 15) is 19.4 Å². The Morgan fingerprint density at radius 1 is 0.872 bits per heavy atom. The standard InChI is InChI=1S/C30H61N2O6P/c1-6-8-9-10-11-12-13-14-15-16-17-18-19-20-21-22-23-24-29(33)28(31-30(34)7-2)27-38-39(35,36)37-26-25-32(3,4)5/h23-24,28-29,33H,6-22,25-27H2,1-5H3,(H-,31,34,35,36)/b24-23+. The monoisotopic (exact) mass is 576 g/mol. The highest BCUT2D eigenvalue weighted by molar-refractivity contribution is 7.45. The van der Waals surface area contributed by atoms with E-state index in [2.05, 4.69) is 12.2 Å². The molecule has 232 valence electrons. The number of quaternary nitrogens is 1. The quantitative estimate of drug-likeness (QED) is 0.0517. The number of amides is 1. The molecule has 39 heavy (non-hydrogen) atoms. The summed E-state index contributed by atoms with van der Waals surface area (Å²) in [5.41, 5.74) is 0. The van der Waals surface area contributed by atoms with Gasteiger partial charge in [-0.15, -0.1) is 0 Å². The van der Waals surface area contributed by atoms with Crippen LogP contribution in [0.3, 0.4) is 0 Å².